The maximum absolute atomic E-state index is 10.2. The van der Waals surface area contributed by atoms with E-state index in [-0.39, 0.29) is 11.8 Å². The van der Waals surface area contributed by atoms with Gasteiger partial charge in [-0.25, -0.2) is 0 Å². The Morgan fingerprint density at radius 3 is 2.43 bits per heavy atom. The molecule has 2 rings (SSSR count). The second-order valence-electron chi connectivity index (χ2n) is 5.03. The summed E-state index contributed by atoms with van der Waals surface area (Å²) in [6.45, 7) is 2.16. The van der Waals surface area contributed by atoms with E-state index in [4.69, 9.17) is 4.74 Å². The highest BCUT2D eigenvalue weighted by Gasteiger charge is 2.18. The molecular weight excluding hydrogens is 266 g/mol. The SMILES string of the molecule is COc1ccc(C(NCC(C)O)c2ccccc2)c(O)c1. The first kappa shape index (κ1) is 15.4. The van der Waals surface area contributed by atoms with Crippen LogP contribution in [-0.4, -0.2) is 30.0 Å². The molecule has 0 amide bonds. The maximum atomic E-state index is 10.2. The number of rotatable bonds is 6. The number of aliphatic hydroxyl groups excluding tert-OH is 1. The zero-order valence-corrected chi connectivity index (χ0v) is 12.3. The molecule has 2 aromatic carbocycles. The standard InChI is InChI=1S/C17H21NO3/c1-12(19)11-18-17(13-6-4-3-5-7-13)15-9-8-14(21-2)10-16(15)20/h3-10,12,17-20H,11H2,1-2H3. The first-order chi connectivity index (χ1) is 10.1. The van der Waals surface area contributed by atoms with Gasteiger partial charge in [-0.2, -0.15) is 0 Å². The summed E-state index contributed by atoms with van der Waals surface area (Å²) < 4.78 is 5.11. The molecular formula is C17H21NO3. The molecule has 4 nitrogen and oxygen atoms in total. The normalized spacial score (nSPS) is 13.7. The second kappa shape index (κ2) is 7.11. The van der Waals surface area contributed by atoms with Crippen molar-refractivity contribution in [2.45, 2.75) is 19.1 Å². The van der Waals surface area contributed by atoms with E-state index >= 15 is 0 Å². The van der Waals surface area contributed by atoms with Crippen LogP contribution in [0.2, 0.25) is 0 Å². The quantitative estimate of drug-likeness (QED) is 0.764. The average Bonchev–Trinajstić information content (AvgIpc) is 2.49. The van der Waals surface area contributed by atoms with Crippen molar-refractivity contribution in [3.8, 4) is 11.5 Å². The predicted octanol–water partition coefficient (Wildman–Crippen LogP) is 2.46. The van der Waals surface area contributed by atoms with Crippen LogP contribution in [0.15, 0.2) is 48.5 Å². The molecule has 0 aromatic heterocycles. The number of methoxy groups -OCH3 is 1. The van der Waals surface area contributed by atoms with Gasteiger partial charge in [0, 0.05) is 18.2 Å². The summed E-state index contributed by atoms with van der Waals surface area (Å²) in [4.78, 5) is 0. The van der Waals surface area contributed by atoms with E-state index in [1.54, 1.807) is 20.1 Å². The molecule has 0 spiro atoms. The van der Waals surface area contributed by atoms with Gasteiger partial charge < -0.3 is 20.3 Å². The smallest absolute Gasteiger partial charge is 0.124 e. The minimum Gasteiger partial charge on any atom is -0.507 e. The van der Waals surface area contributed by atoms with Crippen molar-refractivity contribution >= 4 is 0 Å². The fourth-order valence-electron chi connectivity index (χ4n) is 2.24. The molecule has 4 heteroatoms. The summed E-state index contributed by atoms with van der Waals surface area (Å²) in [7, 11) is 1.56. The van der Waals surface area contributed by atoms with Gasteiger partial charge in [0.25, 0.3) is 0 Å². The Balaban J connectivity index is 2.35. The number of nitrogens with one attached hydrogen (secondary N) is 1. The third kappa shape index (κ3) is 3.97. The lowest BCUT2D eigenvalue weighted by atomic mass is 9.97. The Hall–Kier alpha value is -2.04. The van der Waals surface area contributed by atoms with E-state index in [1.165, 1.54) is 0 Å². The second-order valence-corrected chi connectivity index (χ2v) is 5.03. The number of aliphatic hydroxyl groups is 1. The average molecular weight is 287 g/mol. The summed E-state index contributed by atoms with van der Waals surface area (Å²) in [5.41, 5.74) is 1.78. The number of hydrogen-bond acceptors (Lipinski definition) is 4. The Bertz CT molecular complexity index is 570. The molecule has 2 aromatic rings. The molecule has 0 fully saturated rings. The Morgan fingerprint density at radius 2 is 1.86 bits per heavy atom. The van der Waals surface area contributed by atoms with Gasteiger partial charge in [-0.05, 0) is 24.6 Å². The van der Waals surface area contributed by atoms with Crippen LogP contribution in [0.3, 0.4) is 0 Å². The molecule has 0 aliphatic rings. The lowest BCUT2D eigenvalue weighted by molar-refractivity contribution is 0.188. The minimum absolute atomic E-state index is 0.168. The predicted molar refractivity (Wildman–Crippen MR) is 82.6 cm³/mol. The highest BCUT2D eigenvalue weighted by molar-refractivity contribution is 5.45. The van der Waals surface area contributed by atoms with Crippen LogP contribution in [0.25, 0.3) is 0 Å². The molecule has 112 valence electrons. The van der Waals surface area contributed by atoms with Gasteiger partial charge in [0.15, 0.2) is 0 Å². The van der Waals surface area contributed by atoms with Crippen LogP contribution in [-0.2, 0) is 0 Å². The largest absolute Gasteiger partial charge is 0.507 e. The van der Waals surface area contributed by atoms with Crippen LogP contribution in [0.1, 0.15) is 24.1 Å². The zero-order chi connectivity index (χ0) is 15.2. The molecule has 21 heavy (non-hydrogen) atoms. The molecule has 0 saturated carbocycles. The number of phenols is 1. The highest BCUT2D eigenvalue weighted by atomic mass is 16.5. The molecule has 2 atom stereocenters. The molecule has 3 N–H and O–H groups in total. The first-order valence-electron chi connectivity index (χ1n) is 6.95. The highest BCUT2D eigenvalue weighted by Crippen LogP contribution is 2.32. The minimum atomic E-state index is -0.461. The molecule has 2 unspecified atom stereocenters. The van der Waals surface area contributed by atoms with E-state index in [2.05, 4.69) is 5.32 Å². The van der Waals surface area contributed by atoms with E-state index in [0.717, 1.165) is 11.1 Å². The van der Waals surface area contributed by atoms with Gasteiger partial charge in [0.05, 0.1) is 19.3 Å². The van der Waals surface area contributed by atoms with E-state index in [0.29, 0.717) is 12.3 Å². The van der Waals surface area contributed by atoms with E-state index < -0.39 is 6.10 Å². The summed E-state index contributed by atoms with van der Waals surface area (Å²) in [5, 5.41) is 23.0. The topological polar surface area (TPSA) is 61.7 Å². The third-order valence-corrected chi connectivity index (χ3v) is 3.30. The Kier molecular flexibility index (Phi) is 5.20. The van der Waals surface area contributed by atoms with Crippen LogP contribution in [0.5, 0.6) is 11.5 Å². The van der Waals surface area contributed by atoms with Gasteiger partial charge in [0.2, 0.25) is 0 Å². The van der Waals surface area contributed by atoms with Crippen molar-refractivity contribution in [2.24, 2.45) is 0 Å². The van der Waals surface area contributed by atoms with E-state index in [9.17, 15) is 10.2 Å². The molecule has 0 heterocycles. The fraction of sp³-hybridized carbons (Fsp3) is 0.294. The van der Waals surface area contributed by atoms with E-state index in [1.807, 2.05) is 42.5 Å². The van der Waals surface area contributed by atoms with Gasteiger partial charge in [-0.1, -0.05) is 30.3 Å². The van der Waals surface area contributed by atoms with Gasteiger partial charge in [0.1, 0.15) is 11.5 Å². The molecule has 0 bridgehead atoms. The molecule has 0 aliphatic carbocycles. The monoisotopic (exact) mass is 287 g/mol. The lowest BCUT2D eigenvalue weighted by Gasteiger charge is -2.22. The molecule has 0 aliphatic heterocycles. The van der Waals surface area contributed by atoms with Crippen molar-refractivity contribution in [2.75, 3.05) is 13.7 Å². The number of ether oxygens (including phenoxy) is 1. The summed E-state index contributed by atoms with van der Waals surface area (Å²) in [6.07, 6.45) is -0.461. The summed E-state index contributed by atoms with van der Waals surface area (Å²) >= 11 is 0. The number of benzene rings is 2. The van der Waals surface area contributed by atoms with Crippen molar-refractivity contribution in [3.63, 3.8) is 0 Å². The summed E-state index contributed by atoms with van der Waals surface area (Å²) in [6, 6.07) is 14.9. The van der Waals surface area contributed by atoms with Crippen molar-refractivity contribution < 1.29 is 14.9 Å². The molecule has 0 radical (unpaired) electrons. The first-order valence-corrected chi connectivity index (χ1v) is 6.95. The van der Waals surface area contributed by atoms with Crippen molar-refractivity contribution in [3.05, 3.63) is 59.7 Å². The summed E-state index contributed by atoms with van der Waals surface area (Å²) in [5.74, 6) is 0.778. The third-order valence-electron chi connectivity index (χ3n) is 3.30. The zero-order valence-electron chi connectivity index (χ0n) is 12.3. The van der Waals surface area contributed by atoms with Crippen LogP contribution >= 0.6 is 0 Å². The van der Waals surface area contributed by atoms with Crippen LogP contribution < -0.4 is 10.1 Å². The van der Waals surface area contributed by atoms with Crippen molar-refractivity contribution in [1.82, 2.24) is 5.32 Å². The Labute approximate surface area is 125 Å². The van der Waals surface area contributed by atoms with Gasteiger partial charge in [-0.3, -0.25) is 0 Å². The van der Waals surface area contributed by atoms with Gasteiger partial charge >= 0.3 is 0 Å². The molecule has 0 saturated heterocycles. The van der Waals surface area contributed by atoms with Crippen molar-refractivity contribution in [1.29, 1.82) is 0 Å². The van der Waals surface area contributed by atoms with Crippen LogP contribution in [0.4, 0.5) is 0 Å². The number of aromatic hydroxyl groups is 1. The lowest BCUT2D eigenvalue weighted by Crippen LogP contribution is -2.29. The Morgan fingerprint density at radius 1 is 1.14 bits per heavy atom. The fourth-order valence-corrected chi connectivity index (χ4v) is 2.24. The maximum Gasteiger partial charge on any atom is 0.124 e. The van der Waals surface area contributed by atoms with Gasteiger partial charge in [-0.15, -0.1) is 0 Å². The number of phenolic OH excluding ortho intramolecular Hbond substituents is 1. The number of hydrogen-bond donors (Lipinski definition) is 3. The van der Waals surface area contributed by atoms with Crippen LogP contribution in [0, 0.1) is 0 Å².